The molecule has 5 heteroatoms. The maximum Gasteiger partial charge on any atom is 0.255 e. The van der Waals surface area contributed by atoms with Gasteiger partial charge in [0.2, 0.25) is 0 Å². The van der Waals surface area contributed by atoms with E-state index in [1.54, 1.807) is 18.4 Å². The summed E-state index contributed by atoms with van der Waals surface area (Å²) in [4.78, 5) is 15.2. The van der Waals surface area contributed by atoms with E-state index in [9.17, 15) is 4.79 Å². The fourth-order valence-corrected chi connectivity index (χ4v) is 5.21. The van der Waals surface area contributed by atoms with Crippen LogP contribution < -0.4 is 0 Å². The van der Waals surface area contributed by atoms with Gasteiger partial charge in [-0.05, 0) is 25.3 Å². The number of hydrogen-bond donors (Lipinski definition) is 0. The molecule has 4 nitrogen and oxygen atoms in total. The fourth-order valence-electron chi connectivity index (χ4n) is 4.28. The molecule has 2 saturated heterocycles. The smallest absolute Gasteiger partial charge is 0.255 e. The van der Waals surface area contributed by atoms with E-state index in [1.807, 2.05) is 28.5 Å². The molecule has 24 heavy (non-hydrogen) atoms. The quantitative estimate of drug-likeness (QED) is 0.854. The maximum atomic E-state index is 13.1. The number of hydrogen-bond acceptors (Lipinski definition) is 4. The van der Waals surface area contributed by atoms with Gasteiger partial charge in [0.05, 0.1) is 18.3 Å². The van der Waals surface area contributed by atoms with Crippen molar-refractivity contribution in [1.82, 2.24) is 4.90 Å². The van der Waals surface area contributed by atoms with Crippen LogP contribution in [0.4, 0.5) is 0 Å². The van der Waals surface area contributed by atoms with Crippen molar-refractivity contribution in [2.75, 3.05) is 33.4 Å². The number of methoxy groups -OCH3 is 1. The van der Waals surface area contributed by atoms with Gasteiger partial charge in [0.15, 0.2) is 0 Å². The third-order valence-corrected chi connectivity index (χ3v) is 6.38. The number of benzene rings is 1. The van der Waals surface area contributed by atoms with E-state index < -0.39 is 0 Å². The van der Waals surface area contributed by atoms with Gasteiger partial charge in [0.1, 0.15) is 0 Å². The number of thiophene rings is 1. The number of carbonyl (C=O) groups is 1. The first kappa shape index (κ1) is 16.1. The lowest BCUT2D eigenvalue weighted by molar-refractivity contribution is -0.142. The van der Waals surface area contributed by atoms with E-state index in [4.69, 9.17) is 9.47 Å². The normalized spacial score (nSPS) is 27.2. The number of carbonyl (C=O) groups excluding carboxylic acids is 1. The summed E-state index contributed by atoms with van der Waals surface area (Å²) in [5.41, 5.74) is 0.783. The van der Waals surface area contributed by atoms with Crippen molar-refractivity contribution in [3.63, 3.8) is 0 Å². The van der Waals surface area contributed by atoms with Crippen molar-refractivity contribution in [3.05, 3.63) is 35.2 Å². The molecule has 3 heterocycles. The van der Waals surface area contributed by atoms with Crippen LogP contribution in [0.2, 0.25) is 0 Å². The second-order valence-corrected chi connectivity index (χ2v) is 7.83. The molecule has 0 spiro atoms. The summed E-state index contributed by atoms with van der Waals surface area (Å²) in [6.45, 7) is 2.98. The number of piperidine rings is 1. The average Bonchev–Trinajstić information content (AvgIpc) is 3.05. The van der Waals surface area contributed by atoms with Crippen LogP contribution in [0.1, 0.15) is 29.6 Å². The summed E-state index contributed by atoms with van der Waals surface area (Å²) in [7, 11) is 1.74. The van der Waals surface area contributed by atoms with Crippen LogP contribution in [0, 0.1) is 5.41 Å². The molecule has 4 rings (SSSR count). The Bertz CT molecular complexity index is 739. The molecule has 0 N–H and O–H groups in total. The number of rotatable bonds is 3. The summed E-state index contributed by atoms with van der Waals surface area (Å²) >= 11 is 1.64. The molecule has 2 aliphatic rings. The Hall–Kier alpha value is -1.43. The van der Waals surface area contributed by atoms with Crippen molar-refractivity contribution in [2.45, 2.75) is 25.4 Å². The monoisotopic (exact) mass is 345 g/mol. The maximum absolute atomic E-state index is 13.1. The first-order chi connectivity index (χ1) is 11.7. The van der Waals surface area contributed by atoms with Crippen molar-refractivity contribution < 1.29 is 14.3 Å². The topological polar surface area (TPSA) is 38.8 Å². The van der Waals surface area contributed by atoms with Crippen LogP contribution in [0.3, 0.4) is 0 Å². The summed E-state index contributed by atoms with van der Waals surface area (Å²) < 4.78 is 12.7. The molecule has 1 aromatic carbocycles. The molecule has 0 unspecified atom stereocenters. The van der Waals surface area contributed by atoms with Crippen molar-refractivity contribution in [3.8, 4) is 0 Å². The Labute approximate surface area is 146 Å². The highest BCUT2D eigenvalue weighted by Crippen LogP contribution is 2.41. The van der Waals surface area contributed by atoms with Crippen molar-refractivity contribution in [1.29, 1.82) is 0 Å². The summed E-state index contributed by atoms with van der Waals surface area (Å²) in [5, 5.41) is 3.06. The average molecular weight is 345 g/mol. The highest BCUT2D eigenvalue weighted by Gasteiger charge is 2.47. The lowest BCUT2D eigenvalue weighted by Gasteiger charge is -2.50. The lowest BCUT2D eigenvalue weighted by Crippen LogP contribution is -2.58. The van der Waals surface area contributed by atoms with E-state index >= 15 is 0 Å². The summed E-state index contributed by atoms with van der Waals surface area (Å²) in [6.07, 6.45) is 3.23. The van der Waals surface area contributed by atoms with Crippen LogP contribution in [-0.2, 0) is 9.47 Å². The number of amides is 1. The van der Waals surface area contributed by atoms with Gasteiger partial charge in [-0.25, -0.2) is 0 Å². The van der Waals surface area contributed by atoms with Crippen LogP contribution in [0.15, 0.2) is 29.6 Å². The molecule has 0 aliphatic carbocycles. The fraction of sp³-hybridized carbons (Fsp3) is 0.526. The standard InChI is InChI=1S/C19H23NO3S/c1-22-13-19-8-4-10-23-17(19)7-9-20(12-19)18(21)15-11-24-16-6-3-2-5-14(15)16/h2-3,5-6,11,17H,4,7-10,12-13H2,1H3/t17-,19+/m1/s1. The molecule has 0 bridgehead atoms. The largest absolute Gasteiger partial charge is 0.384 e. The predicted molar refractivity (Wildman–Crippen MR) is 95.6 cm³/mol. The molecule has 2 atom stereocenters. The highest BCUT2D eigenvalue weighted by molar-refractivity contribution is 7.17. The van der Waals surface area contributed by atoms with E-state index in [0.717, 1.165) is 49.9 Å². The van der Waals surface area contributed by atoms with Gasteiger partial charge in [0.25, 0.3) is 5.91 Å². The molecule has 1 amide bonds. The van der Waals surface area contributed by atoms with Gasteiger partial charge < -0.3 is 14.4 Å². The molecule has 0 radical (unpaired) electrons. The van der Waals surface area contributed by atoms with Crippen LogP contribution in [-0.4, -0.2) is 50.3 Å². The minimum atomic E-state index is -0.0489. The molecule has 0 saturated carbocycles. The number of ether oxygens (including phenoxy) is 2. The zero-order valence-electron chi connectivity index (χ0n) is 14.0. The SMILES string of the molecule is COC[C@@]12CCCO[C@@H]1CCN(C(=O)c1csc3ccccc13)C2. The van der Waals surface area contributed by atoms with Gasteiger partial charge in [-0.3, -0.25) is 4.79 Å². The van der Waals surface area contributed by atoms with Gasteiger partial charge in [-0.1, -0.05) is 18.2 Å². The van der Waals surface area contributed by atoms with E-state index in [0.29, 0.717) is 6.61 Å². The van der Waals surface area contributed by atoms with Gasteiger partial charge in [-0.2, -0.15) is 0 Å². The number of likely N-dealkylation sites (tertiary alicyclic amines) is 1. The van der Waals surface area contributed by atoms with Crippen LogP contribution >= 0.6 is 11.3 Å². The molecular weight excluding hydrogens is 322 g/mol. The first-order valence-corrected chi connectivity index (χ1v) is 9.47. The molecular formula is C19H23NO3S. The second-order valence-electron chi connectivity index (χ2n) is 6.92. The molecule has 128 valence electrons. The van der Waals surface area contributed by atoms with Gasteiger partial charge in [0, 0.05) is 47.7 Å². The van der Waals surface area contributed by atoms with Crippen molar-refractivity contribution in [2.24, 2.45) is 5.41 Å². The first-order valence-electron chi connectivity index (χ1n) is 8.59. The summed E-state index contributed by atoms with van der Waals surface area (Å²) in [6, 6.07) is 8.13. The molecule has 1 aromatic heterocycles. The van der Waals surface area contributed by atoms with Gasteiger partial charge in [-0.15, -0.1) is 11.3 Å². The lowest BCUT2D eigenvalue weighted by atomic mass is 9.73. The minimum Gasteiger partial charge on any atom is -0.384 e. The molecule has 2 fully saturated rings. The van der Waals surface area contributed by atoms with Crippen LogP contribution in [0.25, 0.3) is 10.1 Å². The second kappa shape index (κ2) is 6.47. The Morgan fingerprint density at radius 2 is 2.33 bits per heavy atom. The van der Waals surface area contributed by atoms with E-state index in [1.165, 1.54) is 4.70 Å². The highest BCUT2D eigenvalue weighted by atomic mass is 32.1. The molecule has 2 aromatic rings. The van der Waals surface area contributed by atoms with Crippen molar-refractivity contribution >= 4 is 27.3 Å². The Balaban J connectivity index is 1.61. The Morgan fingerprint density at radius 1 is 1.46 bits per heavy atom. The van der Waals surface area contributed by atoms with E-state index in [-0.39, 0.29) is 17.4 Å². The number of fused-ring (bicyclic) bond motifs is 2. The Morgan fingerprint density at radius 3 is 3.21 bits per heavy atom. The molecule has 2 aliphatic heterocycles. The van der Waals surface area contributed by atoms with Gasteiger partial charge >= 0.3 is 0 Å². The minimum absolute atomic E-state index is 0.0489. The zero-order chi connectivity index (χ0) is 16.6. The van der Waals surface area contributed by atoms with E-state index in [2.05, 4.69) is 6.07 Å². The Kier molecular flexibility index (Phi) is 4.33. The third kappa shape index (κ3) is 2.65. The van der Waals surface area contributed by atoms with Crippen LogP contribution in [0.5, 0.6) is 0 Å². The summed E-state index contributed by atoms with van der Waals surface area (Å²) in [5.74, 6) is 0.145. The predicted octanol–water partition coefficient (Wildman–Crippen LogP) is 3.56. The zero-order valence-corrected chi connectivity index (χ0v) is 14.8. The third-order valence-electron chi connectivity index (χ3n) is 5.42. The number of nitrogens with zero attached hydrogens (tertiary/aromatic N) is 1.